The molecule has 0 atom stereocenters. The van der Waals surface area contributed by atoms with E-state index in [9.17, 15) is 17.6 Å². The maximum Gasteiger partial charge on any atom is 0.416 e. The highest BCUT2D eigenvalue weighted by Crippen LogP contribution is 2.31. The van der Waals surface area contributed by atoms with Gasteiger partial charge in [-0.2, -0.15) is 13.2 Å². The molecule has 2 aromatic rings. The second kappa shape index (κ2) is 4.20. The van der Waals surface area contributed by atoms with Crippen molar-refractivity contribution in [1.29, 1.82) is 0 Å². The van der Waals surface area contributed by atoms with Gasteiger partial charge in [-0.15, -0.1) is 0 Å². The topological polar surface area (TPSA) is 0 Å². The molecule has 0 fully saturated rings. The summed E-state index contributed by atoms with van der Waals surface area (Å²) in [6, 6.07) is 10.4. The van der Waals surface area contributed by atoms with Gasteiger partial charge in [0.15, 0.2) is 0 Å². The zero-order valence-electron chi connectivity index (χ0n) is 8.63. The Kier molecular flexibility index (Phi) is 2.88. The van der Waals surface area contributed by atoms with Gasteiger partial charge >= 0.3 is 6.18 Å². The van der Waals surface area contributed by atoms with Crippen LogP contribution in [0.5, 0.6) is 0 Å². The highest BCUT2D eigenvalue weighted by atomic mass is 19.4. The first-order valence-corrected chi connectivity index (χ1v) is 4.90. The first kappa shape index (κ1) is 11.6. The van der Waals surface area contributed by atoms with Gasteiger partial charge in [-0.25, -0.2) is 4.39 Å². The van der Waals surface area contributed by atoms with Crippen molar-refractivity contribution in [2.24, 2.45) is 0 Å². The average Bonchev–Trinajstić information content (AvgIpc) is 2.29. The van der Waals surface area contributed by atoms with Gasteiger partial charge in [0.2, 0.25) is 0 Å². The smallest absolute Gasteiger partial charge is 0.206 e. The highest BCUT2D eigenvalue weighted by Gasteiger charge is 2.29. The minimum absolute atomic E-state index is 0.293. The molecule has 0 aromatic heterocycles. The lowest BCUT2D eigenvalue weighted by molar-refractivity contribution is -0.137. The van der Waals surface area contributed by atoms with Gasteiger partial charge in [0.05, 0.1) is 5.56 Å². The number of hydrogen-bond donors (Lipinski definition) is 0. The van der Waals surface area contributed by atoms with Crippen LogP contribution < -0.4 is 0 Å². The van der Waals surface area contributed by atoms with E-state index in [1.807, 2.05) is 0 Å². The SMILES string of the molecule is Fc1ccccc1-c1ccc(C(F)(F)F)cc1. The molecule has 0 spiro atoms. The number of alkyl halides is 3. The fourth-order valence-electron chi connectivity index (χ4n) is 1.53. The van der Waals surface area contributed by atoms with Crippen LogP contribution >= 0.6 is 0 Å². The lowest BCUT2D eigenvalue weighted by atomic mass is 10.0. The Morgan fingerprint density at radius 1 is 0.765 bits per heavy atom. The van der Waals surface area contributed by atoms with Crippen LogP contribution in [-0.2, 0) is 6.18 Å². The lowest BCUT2D eigenvalue weighted by Crippen LogP contribution is -2.04. The third-order valence-electron chi connectivity index (χ3n) is 2.40. The molecule has 0 nitrogen and oxygen atoms in total. The third-order valence-corrected chi connectivity index (χ3v) is 2.40. The molecule has 0 radical (unpaired) electrons. The largest absolute Gasteiger partial charge is 0.416 e. The average molecular weight is 240 g/mol. The van der Waals surface area contributed by atoms with Crippen LogP contribution in [0.2, 0.25) is 0 Å². The predicted octanol–water partition coefficient (Wildman–Crippen LogP) is 4.51. The first-order valence-electron chi connectivity index (χ1n) is 4.90. The van der Waals surface area contributed by atoms with Crippen molar-refractivity contribution in [2.45, 2.75) is 6.18 Å². The van der Waals surface area contributed by atoms with Crippen molar-refractivity contribution in [3.63, 3.8) is 0 Å². The summed E-state index contributed by atoms with van der Waals surface area (Å²) in [5.74, 6) is -0.452. The Morgan fingerprint density at radius 3 is 1.88 bits per heavy atom. The Labute approximate surface area is 95.5 Å². The molecule has 0 bridgehead atoms. The molecule has 88 valence electrons. The van der Waals surface area contributed by atoms with Crippen molar-refractivity contribution in [2.75, 3.05) is 0 Å². The fourth-order valence-corrected chi connectivity index (χ4v) is 1.53. The zero-order valence-corrected chi connectivity index (χ0v) is 8.63. The maximum atomic E-state index is 13.4. The molecule has 4 heteroatoms. The van der Waals surface area contributed by atoms with Gasteiger partial charge in [-0.1, -0.05) is 30.3 Å². The minimum Gasteiger partial charge on any atom is -0.206 e. The van der Waals surface area contributed by atoms with Gasteiger partial charge in [0.1, 0.15) is 5.82 Å². The summed E-state index contributed by atoms with van der Waals surface area (Å²) in [5, 5.41) is 0. The second-order valence-corrected chi connectivity index (χ2v) is 3.55. The summed E-state index contributed by atoms with van der Waals surface area (Å²) in [5.41, 5.74) is -0.0186. The van der Waals surface area contributed by atoms with Gasteiger partial charge in [-0.3, -0.25) is 0 Å². The maximum absolute atomic E-state index is 13.4. The summed E-state index contributed by atoms with van der Waals surface area (Å²) in [7, 11) is 0. The number of rotatable bonds is 1. The zero-order chi connectivity index (χ0) is 12.5. The summed E-state index contributed by atoms with van der Waals surface area (Å²) < 4.78 is 50.4. The quantitative estimate of drug-likeness (QED) is 0.643. The predicted molar refractivity (Wildman–Crippen MR) is 56.8 cm³/mol. The molecule has 0 aliphatic heterocycles. The molecule has 0 saturated heterocycles. The van der Waals surface area contributed by atoms with E-state index in [1.165, 1.54) is 30.3 Å². The molecule has 0 saturated carbocycles. The van der Waals surface area contributed by atoms with Crippen molar-refractivity contribution < 1.29 is 17.6 Å². The Balaban J connectivity index is 2.40. The molecule has 0 unspecified atom stereocenters. The molecule has 2 rings (SSSR count). The molecule has 0 N–H and O–H groups in total. The molecule has 0 amide bonds. The van der Waals surface area contributed by atoms with E-state index >= 15 is 0 Å². The van der Waals surface area contributed by atoms with Crippen LogP contribution in [0.25, 0.3) is 11.1 Å². The molecular weight excluding hydrogens is 232 g/mol. The van der Waals surface area contributed by atoms with Gasteiger partial charge in [-0.05, 0) is 23.8 Å². The van der Waals surface area contributed by atoms with Crippen LogP contribution in [0, 0.1) is 5.82 Å². The molecule has 17 heavy (non-hydrogen) atoms. The second-order valence-electron chi connectivity index (χ2n) is 3.55. The number of benzene rings is 2. The van der Waals surface area contributed by atoms with Crippen molar-refractivity contribution in [1.82, 2.24) is 0 Å². The fraction of sp³-hybridized carbons (Fsp3) is 0.0769. The van der Waals surface area contributed by atoms with Gasteiger partial charge < -0.3 is 0 Å². The van der Waals surface area contributed by atoms with E-state index in [4.69, 9.17) is 0 Å². The van der Waals surface area contributed by atoms with Gasteiger partial charge in [0, 0.05) is 5.56 Å². The van der Waals surface area contributed by atoms with E-state index in [1.54, 1.807) is 6.07 Å². The van der Waals surface area contributed by atoms with Crippen molar-refractivity contribution in [3.8, 4) is 11.1 Å². The summed E-state index contributed by atoms with van der Waals surface area (Å²) in [4.78, 5) is 0. The minimum atomic E-state index is -4.37. The van der Waals surface area contributed by atoms with E-state index in [2.05, 4.69) is 0 Å². The normalized spacial score (nSPS) is 11.5. The number of halogens is 4. The summed E-state index contributed by atoms with van der Waals surface area (Å²) in [6.45, 7) is 0. The molecule has 0 heterocycles. The molecule has 2 aromatic carbocycles. The van der Waals surface area contributed by atoms with Crippen LogP contribution in [0.1, 0.15) is 5.56 Å². The standard InChI is InChI=1S/C13H8F4/c14-12-4-2-1-3-11(12)9-5-7-10(8-6-9)13(15,16)17/h1-8H. The van der Waals surface area contributed by atoms with Gasteiger partial charge in [0.25, 0.3) is 0 Å². The Hall–Kier alpha value is -1.84. The third kappa shape index (κ3) is 2.46. The summed E-state index contributed by atoms with van der Waals surface area (Å²) in [6.07, 6.45) is -4.37. The van der Waals surface area contributed by atoms with Crippen LogP contribution in [0.4, 0.5) is 17.6 Å². The van der Waals surface area contributed by atoms with Crippen LogP contribution in [0.15, 0.2) is 48.5 Å². The Morgan fingerprint density at radius 2 is 1.35 bits per heavy atom. The van der Waals surface area contributed by atoms with Crippen molar-refractivity contribution in [3.05, 3.63) is 59.9 Å². The monoisotopic (exact) mass is 240 g/mol. The Bertz CT molecular complexity index is 512. The first-order chi connectivity index (χ1) is 7.98. The lowest BCUT2D eigenvalue weighted by Gasteiger charge is -2.08. The molecular formula is C13H8F4. The molecule has 0 aliphatic carbocycles. The van der Waals surface area contributed by atoms with Crippen molar-refractivity contribution >= 4 is 0 Å². The number of hydrogen-bond acceptors (Lipinski definition) is 0. The molecule has 0 aliphatic rings. The van der Waals surface area contributed by atoms with Crippen LogP contribution in [0.3, 0.4) is 0 Å². The summed E-state index contributed by atoms with van der Waals surface area (Å²) >= 11 is 0. The van der Waals surface area contributed by atoms with E-state index in [0.29, 0.717) is 11.1 Å². The van der Waals surface area contributed by atoms with E-state index in [0.717, 1.165) is 12.1 Å². The van der Waals surface area contributed by atoms with Crippen LogP contribution in [-0.4, -0.2) is 0 Å². The van der Waals surface area contributed by atoms with E-state index in [-0.39, 0.29) is 0 Å². The highest BCUT2D eigenvalue weighted by molar-refractivity contribution is 5.64. The van der Waals surface area contributed by atoms with E-state index < -0.39 is 17.6 Å².